The third-order valence-corrected chi connectivity index (χ3v) is 6.84. The molecular formula is C26H25F3N6O3. The van der Waals surface area contributed by atoms with Crippen molar-refractivity contribution in [3.05, 3.63) is 59.5 Å². The first kappa shape index (κ1) is 25.4. The minimum absolute atomic E-state index is 0.0143. The number of anilines is 1. The van der Waals surface area contributed by atoms with Gasteiger partial charge >= 0.3 is 12.1 Å². The molecule has 1 atom stereocenters. The summed E-state index contributed by atoms with van der Waals surface area (Å²) in [6.07, 6.45) is 0.312. The summed E-state index contributed by atoms with van der Waals surface area (Å²) in [7, 11) is 1.51. The molecule has 1 fully saturated rings. The van der Waals surface area contributed by atoms with Crippen molar-refractivity contribution in [2.75, 3.05) is 12.4 Å². The third kappa shape index (κ3) is 4.98. The maximum absolute atomic E-state index is 13.1. The number of aromatic carboxylic acids is 1. The highest BCUT2D eigenvalue weighted by molar-refractivity contribution is 5.92. The monoisotopic (exact) mass is 526 g/mol. The van der Waals surface area contributed by atoms with E-state index in [1.807, 2.05) is 6.92 Å². The molecule has 0 unspecified atom stereocenters. The van der Waals surface area contributed by atoms with Gasteiger partial charge in [-0.1, -0.05) is 18.6 Å². The van der Waals surface area contributed by atoms with Gasteiger partial charge in [0.15, 0.2) is 17.3 Å². The number of nitrogens with zero attached hydrogens (tertiary/aromatic N) is 5. The number of carbonyl (C=O) groups is 1. The molecule has 0 amide bonds. The summed E-state index contributed by atoms with van der Waals surface area (Å²) >= 11 is 0. The molecule has 2 N–H and O–H groups in total. The van der Waals surface area contributed by atoms with E-state index in [1.54, 1.807) is 16.7 Å². The van der Waals surface area contributed by atoms with Crippen LogP contribution in [0, 0.1) is 5.92 Å². The zero-order valence-electron chi connectivity index (χ0n) is 20.7. The number of aromatic nitrogens is 5. The summed E-state index contributed by atoms with van der Waals surface area (Å²) in [6.45, 7) is 2.14. The minimum Gasteiger partial charge on any atom is -0.495 e. The van der Waals surface area contributed by atoms with E-state index < -0.39 is 23.5 Å². The number of imidazole rings is 1. The Balaban J connectivity index is 1.67. The first-order valence-electron chi connectivity index (χ1n) is 12.1. The van der Waals surface area contributed by atoms with Gasteiger partial charge in [-0.2, -0.15) is 13.2 Å². The largest absolute Gasteiger partial charge is 0.495 e. The van der Waals surface area contributed by atoms with Crippen LogP contribution in [0.4, 0.5) is 19.0 Å². The van der Waals surface area contributed by atoms with E-state index in [2.05, 4.69) is 25.3 Å². The van der Waals surface area contributed by atoms with E-state index in [4.69, 9.17) is 4.74 Å². The molecule has 1 aromatic carbocycles. The van der Waals surface area contributed by atoms with Crippen molar-refractivity contribution in [2.45, 2.75) is 44.9 Å². The van der Waals surface area contributed by atoms with Crippen LogP contribution in [-0.4, -0.2) is 48.7 Å². The van der Waals surface area contributed by atoms with Crippen molar-refractivity contribution in [2.24, 2.45) is 5.92 Å². The second kappa shape index (κ2) is 9.92. The van der Waals surface area contributed by atoms with Gasteiger partial charge in [-0.15, -0.1) is 0 Å². The smallest absolute Gasteiger partial charge is 0.416 e. The summed E-state index contributed by atoms with van der Waals surface area (Å²) in [5, 5.41) is 13.0. The summed E-state index contributed by atoms with van der Waals surface area (Å²) in [4.78, 5) is 29.3. The summed E-state index contributed by atoms with van der Waals surface area (Å²) < 4.78 is 46.3. The predicted octanol–water partition coefficient (Wildman–Crippen LogP) is 5.26. The molecule has 1 saturated carbocycles. The molecule has 5 rings (SSSR count). The van der Waals surface area contributed by atoms with Gasteiger partial charge < -0.3 is 19.7 Å². The van der Waals surface area contributed by atoms with Crippen molar-refractivity contribution < 1.29 is 27.8 Å². The number of pyridine rings is 1. The molecular weight excluding hydrogens is 501 g/mol. The van der Waals surface area contributed by atoms with Crippen molar-refractivity contribution in [1.82, 2.24) is 24.5 Å². The molecule has 0 spiro atoms. The molecule has 4 aromatic rings. The quantitative estimate of drug-likeness (QED) is 0.319. The lowest BCUT2D eigenvalue weighted by Gasteiger charge is -2.32. The van der Waals surface area contributed by atoms with Crippen LogP contribution in [0.25, 0.3) is 22.7 Å². The van der Waals surface area contributed by atoms with Gasteiger partial charge in [0.05, 0.1) is 18.9 Å². The van der Waals surface area contributed by atoms with Gasteiger partial charge in [-0.25, -0.2) is 24.7 Å². The molecule has 38 heavy (non-hydrogen) atoms. The van der Waals surface area contributed by atoms with Crippen LogP contribution in [0.5, 0.6) is 5.75 Å². The van der Waals surface area contributed by atoms with Crippen molar-refractivity contribution in [1.29, 1.82) is 0 Å². The van der Waals surface area contributed by atoms with E-state index in [9.17, 15) is 23.1 Å². The Kier molecular flexibility index (Phi) is 6.64. The maximum Gasteiger partial charge on any atom is 0.416 e. The highest BCUT2D eigenvalue weighted by Gasteiger charge is 2.30. The van der Waals surface area contributed by atoms with E-state index >= 15 is 0 Å². The van der Waals surface area contributed by atoms with E-state index in [-0.39, 0.29) is 18.2 Å². The van der Waals surface area contributed by atoms with Crippen LogP contribution in [0.15, 0.2) is 42.6 Å². The first-order valence-corrected chi connectivity index (χ1v) is 12.1. The molecule has 198 valence electrons. The number of carboxylic acids is 1. The topological polar surface area (TPSA) is 115 Å². The molecule has 0 aliphatic heterocycles. The number of fused-ring (bicyclic) bond motifs is 1. The Morgan fingerprint density at radius 1 is 1.16 bits per heavy atom. The number of halogens is 3. The van der Waals surface area contributed by atoms with Crippen LogP contribution in [-0.2, 0) is 12.7 Å². The highest BCUT2D eigenvalue weighted by Crippen LogP contribution is 2.34. The molecule has 9 nitrogen and oxygen atoms in total. The molecule has 1 aliphatic carbocycles. The van der Waals surface area contributed by atoms with Gasteiger partial charge in [-0.3, -0.25) is 0 Å². The predicted molar refractivity (Wildman–Crippen MR) is 133 cm³/mol. The number of rotatable bonds is 8. The average molecular weight is 527 g/mol. The van der Waals surface area contributed by atoms with Crippen LogP contribution in [0.1, 0.15) is 47.9 Å². The lowest BCUT2D eigenvalue weighted by molar-refractivity contribution is -0.137. The second-order valence-corrected chi connectivity index (χ2v) is 9.30. The number of methoxy groups -OCH3 is 1. The Labute approximate surface area is 215 Å². The molecule has 0 radical (unpaired) electrons. The van der Waals surface area contributed by atoms with E-state index in [0.29, 0.717) is 40.1 Å². The molecule has 12 heteroatoms. The van der Waals surface area contributed by atoms with Crippen molar-refractivity contribution in [3.63, 3.8) is 0 Å². The fourth-order valence-electron chi connectivity index (χ4n) is 4.47. The van der Waals surface area contributed by atoms with E-state index in [0.717, 1.165) is 31.4 Å². The Morgan fingerprint density at radius 3 is 2.45 bits per heavy atom. The van der Waals surface area contributed by atoms with Gasteiger partial charge in [-0.05, 0) is 55.5 Å². The first-order chi connectivity index (χ1) is 18.1. The lowest BCUT2D eigenvalue weighted by atomic mass is 9.80. The number of nitrogens with one attached hydrogen (secondary N) is 1. The Hall–Kier alpha value is -4.22. The van der Waals surface area contributed by atoms with Crippen molar-refractivity contribution in [3.8, 4) is 17.3 Å². The zero-order chi connectivity index (χ0) is 27.0. The molecule has 1 aliphatic rings. The Bertz CT molecular complexity index is 1470. The minimum atomic E-state index is -4.45. The highest BCUT2D eigenvalue weighted by atomic mass is 19.4. The Morgan fingerprint density at radius 2 is 1.89 bits per heavy atom. The van der Waals surface area contributed by atoms with Crippen LogP contribution >= 0.6 is 0 Å². The maximum atomic E-state index is 13.1. The average Bonchev–Trinajstić information content (AvgIpc) is 3.21. The van der Waals surface area contributed by atoms with E-state index in [1.165, 1.54) is 25.4 Å². The number of hydrogen-bond acceptors (Lipinski definition) is 7. The number of hydrogen-bond donors (Lipinski definition) is 2. The van der Waals surface area contributed by atoms with Crippen molar-refractivity contribution >= 4 is 23.0 Å². The van der Waals surface area contributed by atoms with Gasteiger partial charge in [0, 0.05) is 12.6 Å². The standard InChI is InChI=1S/C26H25F3N6O3/c1-14(16-4-3-5-16)31-21-20-22(33-23(32-21)25(36)37)34-24(19-11-10-18(38-2)12-30-19)35(20)13-15-6-8-17(9-7-15)26(27,28)29/h6-12,14,16H,3-5,13H2,1-2H3,(H,36,37)(H,31,32,33)/t14-/m1/s1. The normalized spacial score (nSPS) is 14.8. The molecule has 0 saturated heterocycles. The van der Waals surface area contributed by atoms with Gasteiger partial charge in [0.2, 0.25) is 5.82 Å². The van der Waals surface area contributed by atoms with Crippen LogP contribution in [0.2, 0.25) is 0 Å². The molecule has 3 aromatic heterocycles. The SMILES string of the molecule is COc1ccc(-c2nc3nc(C(=O)O)nc(N[C@H](C)C4CCC4)c3n2Cc2ccc(C(F)(F)F)cc2)nc1. The number of carboxylic acid groups (broad SMARTS) is 1. The van der Waals surface area contributed by atoms with Crippen LogP contribution in [0.3, 0.4) is 0 Å². The summed E-state index contributed by atoms with van der Waals surface area (Å²) in [6, 6.07) is 8.26. The molecule has 3 heterocycles. The fraction of sp³-hybridized carbons (Fsp3) is 0.346. The number of ether oxygens (including phenoxy) is 1. The fourth-order valence-corrected chi connectivity index (χ4v) is 4.47. The third-order valence-electron chi connectivity index (χ3n) is 6.84. The molecule has 0 bridgehead atoms. The summed E-state index contributed by atoms with van der Waals surface area (Å²) in [5.74, 6) is -0.0994. The lowest BCUT2D eigenvalue weighted by Crippen LogP contribution is -2.31. The summed E-state index contributed by atoms with van der Waals surface area (Å²) in [5.41, 5.74) is 0.853. The van der Waals surface area contributed by atoms with Crippen LogP contribution < -0.4 is 10.1 Å². The van der Waals surface area contributed by atoms with Gasteiger partial charge in [0.25, 0.3) is 0 Å². The number of alkyl halides is 3. The number of benzene rings is 1. The zero-order valence-corrected chi connectivity index (χ0v) is 20.7. The second-order valence-electron chi connectivity index (χ2n) is 9.30. The van der Waals surface area contributed by atoms with Gasteiger partial charge in [0.1, 0.15) is 17.0 Å².